The lowest BCUT2D eigenvalue weighted by atomic mass is 10.2. The van der Waals surface area contributed by atoms with Gasteiger partial charge in [0.05, 0.1) is 5.71 Å². The summed E-state index contributed by atoms with van der Waals surface area (Å²) in [5.41, 5.74) is 0.539. The van der Waals surface area contributed by atoms with E-state index in [2.05, 4.69) is 4.99 Å². The number of hydrogen-bond donors (Lipinski definition) is 1. The molecule has 0 aromatic heterocycles. The topological polar surface area (TPSA) is 60.0 Å². The van der Waals surface area contributed by atoms with Crippen LogP contribution < -0.4 is 0 Å². The summed E-state index contributed by atoms with van der Waals surface area (Å²) in [5.74, 6) is 0. The van der Waals surface area contributed by atoms with E-state index < -0.39 is 0 Å². The average molecular weight is 123 g/mol. The third kappa shape index (κ3) is 2.04. The van der Waals surface area contributed by atoms with Gasteiger partial charge in [0.1, 0.15) is 6.07 Å². The van der Waals surface area contributed by atoms with E-state index in [4.69, 9.17) is 10.7 Å². The molecule has 0 bridgehead atoms. The van der Waals surface area contributed by atoms with Crippen molar-refractivity contribution < 1.29 is 0 Å². The summed E-state index contributed by atoms with van der Waals surface area (Å²) < 4.78 is 0. The molecule has 0 unspecified atom stereocenters. The fourth-order valence-electron chi connectivity index (χ4n) is 0.420. The second-order valence-electron chi connectivity index (χ2n) is 1.52. The molecule has 48 valence electrons. The Balaban J connectivity index is 4.19. The van der Waals surface area contributed by atoms with Gasteiger partial charge in [-0.3, -0.25) is 4.99 Å². The highest BCUT2D eigenvalue weighted by atomic mass is 14.7. The highest BCUT2D eigenvalue weighted by molar-refractivity contribution is 6.47. The van der Waals surface area contributed by atoms with Gasteiger partial charge in [-0.15, -0.1) is 0 Å². The molecule has 0 atom stereocenters. The molecule has 3 nitrogen and oxygen atoms in total. The van der Waals surface area contributed by atoms with Crippen molar-refractivity contribution in [3.8, 4) is 6.07 Å². The summed E-state index contributed by atoms with van der Waals surface area (Å²) in [7, 11) is 1.52. The first-order valence-corrected chi connectivity index (χ1v) is 2.71. The van der Waals surface area contributed by atoms with Crippen molar-refractivity contribution in [3.05, 3.63) is 0 Å². The Labute approximate surface area is 54.5 Å². The zero-order chi connectivity index (χ0) is 7.28. The standard InChI is InChI=1S/C6H9N3/c1-3-5(8)6(4-7)9-2/h8H,3H2,1-2H3. The molecule has 0 aliphatic carbocycles. The monoisotopic (exact) mass is 123 g/mol. The van der Waals surface area contributed by atoms with Crippen LogP contribution in [0.25, 0.3) is 0 Å². The van der Waals surface area contributed by atoms with Gasteiger partial charge in [0.2, 0.25) is 0 Å². The van der Waals surface area contributed by atoms with Crippen molar-refractivity contribution in [2.75, 3.05) is 7.05 Å². The zero-order valence-electron chi connectivity index (χ0n) is 5.60. The molecular formula is C6H9N3. The molecule has 0 amide bonds. The number of nitrogens with zero attached hydrogens (tertiary/aromatic N) is 2. The van der Waals surface area contributed by atoms with Crippen LogP contribution in [-0.4, -0.2) is 18.5 Å². The molecule has 1 N–H and O–H groups in total. The summed E-state index contributed by atoms with van der Waals surface area (Å²) in [6.45, 7) is 1.82. The van der Waals surface area contributed by atoms with Gasteiger partial charge in [0.15, 0.2) is 5.71 Å². The zero-order valence-corrected chi connectivity index (χ0v) is 5.60. The van der Waals surface area contributed by atoms with Gasteiger partial charge in [-0.2, -0.15) is 5.26 Å². The minimum absolute atomic E-state index is 0.234. The Morgan fingerprint density at radius 3 is 2.44 bits per heavy atom. The number of nitrogens with one attached hydrogen (secondary N) is 1. The summed E-state index contributed by atoms with van der Waals surface area (Å²) in [6, 6.07) is 1.83. The van der Waals surface area contributed by atoms with Crippen LogP contribution in [-0.2, 0) is 0 Å². The van der Waals surface area contributed by atoms with Crippen LogP contribution in [0, 0.1) is 16.7 Å². The van der Waals surface area contributed by atoms with Gasteiger partial charge in [-0.05, 0) is 6.42 Å². The molecule has 0 spiro atoms. The SMILES string of the molecule is CCC(=N)C(C#N)=NC. The van der Waals surface area contributed by atoms with E-state index in [1.807, 2.05) is 13.0 Å². The van der Waals surface area contributed by atoms with Gasteiger partial charge in [0.25, 0.3) is 0 Å². The molecular weight excluding hydrogens is 114 g/mol. The molecule has 0 fully saturated rings. The smallest absolute Gasteiger partial charge is 0.155 e. The quantitative estimate of drug-likeness (QED) is 0.547. The van der Waals surface area contributed by atoms with E-state index in [9.17, 15) is 0 Å². The summed E-state index contributed by atoms with van der Waals surface area (Å²) in [6.07, 6.45) is 0.570. The third-order valence-corrected chi connectivity index (χ3v) is 0.969. The first-order valence-electron chi connectivity index (χ1n) is 2.71. The fraction of sp³-hybridized carbons (Fsp3) is 0.500. The number of rotatable bonds is 2. The van der Waals surface area contributed by atoms with Crippen molar-refractivity contribution in [2.24, 2.45) is 4.99 Å². The molecule has 9 heavy (non-hydrogen) atoms. The second kappa shape index (κ2) is 3.79. The van der Waals surface area contributed by atoms with Crippen molar-refractivity contribution in [1.29, 1.82) is 10.7 Å². The second-order valence-corrected chi connectivity index (χ2v) is 1.52. The van der Waals surface area contributed by atoms with Crippen LogP contribution in [0.4, 0.5) is 0 Å². The normalized spacial score (nSPS) is 10.6. The van der Waals surface area contributed by atoms with Crippen molar-refractivity contribution in [3.63, 3.8) is 0 Å². The van der Waals surface area contributed by atoms with E-state index in [-0.39, 0.29) is 5.71 Å². The molecule has 0 rings (SSSR count). The molecule has 0 aliphatic heterocycles. The van der Waals surface area contributed by atoms with Crippen LogP contribution in [0.1, 0.15) is 13.3 Å². The van der Waals surface area contributed by atoms with Gasteiger partial charge >= 0.3 is 0 Å². The minimum Gasteiger partial charge on any atom is -0.302 e. The number of nitriles is 1. The van der Waals surface area contributed by atoms with Crippen LogP contribution in [0.15, 0.2) is 4.99 Å². The van der Waals surface area contributed by atoms with Crippen molar-refractivity contribution in [2.45, 2.75) is 13.3 Å². The fourth-order valence-corrected chi connectivity index (χ4v) is 0.420. The molecule has 0 aromatic carbocycles. The predicted octanol–water partition coefficient (Wildman–Crippen LogP) is 1.01. The maximum absolute atomic E-state index is 8.31. The summed E-state index contributed by atoms with van der Waals surface area (Å²) in [4.78, 5) is 3.61. The Hall–Kier alpha value is -1.17. The molecule has 0 aliphatic rings. The summed E-state index contributed by atoms with van der Waals surface area (Å²) in [5, 5.41) is 15.4. The molecule has 0 radical (unpaired) electrons. The van der Waals surface area contributed by atoms with Gasteiger partial charge in [0, 0.05) is 7.05 Å². The van der Waals surface area contributed by atoms with Crippen LogP contribution in [0.5, 0.6) is 0 Å². The van der Waals surface area contributed by atoms with Gasteiger partial charge in [-0.25, -0.2) is 0 Å². The van der Waals surface area contributed by atoms with Crippen LogP contribution in [0.3, 0.4) is 0 Å². The Bertz CT molecular complexity index is 173. The van der Waals surface area contributed by atoms with Crippen LogP contribution >= 0.6 is 0 Å². The lowest BCUT2D eigenvalue weighted by molar-refractivity contribution is 1.26. The van der Waals surface area contributed by atoms with Crippen LogP contribution in [0.2, 0.25) is 0 Å². The Morgan fingerprint density at radius 2 is 2.33 bits per heavy atom. The first kappa shape index (κ1) is 7.83. The predicted molar refractivity (Wildman–Crippen MR) is 37.0 cm³/mol. The molecule has 0 saturated carbocycles. The number of aliphatic imine (C=N–C) groups is 1. The lowest BCUT2D eigenvalue weighted by Crippen LogP contribution is -2.08. The maximum atomic E-state index is 8.31. The average Bonchev–Trinajstić information content (AvgIpc) is 1.90. The number of hydrogen-bond acceptors (Lipinski definition) is 3. The van der Waals surface area contributed by atoms with E-state index in [0.717, 1.165) is 0 Å². The van der Waals surface area contributed by atoms with Gasteiger partial charge < -0.3 is 5.41 Å². The first-order chi connectivity index (χ1) is 4.26. The largest absolute Gasteiger partial charge is 0.302 e. The van der Waals surface area contributed by atoms with Crippen molar-refractivity contribution >= 4 is 11.4 Å². The van der Waals surface area contributed by atoms with E-state index in [0.29, 0.717) is 12.1 Å². The van der Waals surface area contributed by atoms with Crippen molar-refractivity contribution in [1.82, 2.24) is 0 Å². The molecule has 0 saturated heterocycles. The Morgan fingerprint density at radius 1 is 1.78 bits per heavy atom. The van der Waals surface area contributed by atoms with E-state index in [1.54, 1.807) is 0 Å². The van der Waals surface area contributed by atoms with E-state index in [1.165, 1.54) is 7.05 Å². The highest BCUT2D eigenvalue weighted by Gasteiger charge is 1.99. The Kier molecular flexibility index (Phi) is 3.29. The van der Waals surface area contributed by atoms with E-state index >= 15 is 0 Å². The molecule has 0 heterocycles. The summed E-state index contributed by atoms with van der Waals surface area (Å²) >= 11 is 0. The lowest BCUT2D eigenvalue weighted by Gasteiger charge is -1.91. The van der Waals surface area contributed by atoms with Gasteiger partial charge in [-0.1, -0.05) is 6.92 Å². The maximum Gasteiger partial charge on any atom is 0.155 e. The molecule has 0 aromatic rings. The third-order valence-electron chi connectivity index (χ3n) is 0.969. The highest BCUT2D eigenvalue weighted by Crippen LogP contribution is 1.84. The minimum atomic E-state index is 0.234. The molecule has 3 heteroatoms.